The topological polar surface area (TPSA) is 105 Å². The molecule has 1 aromatic rings. The summed E-state index contributed by atoms with van der Waals surface area (Å²) in [6, 6.07) is 6.38. The normalized spacial score (nSPS) is 16.9. The van der Waals surface area contributed by atoms with E-state index in [1.807, 2.05) is 6.92 Å². The molecule has 1 aliphatic carbocycles. The van der Waals surface area contributed by atoms with E-state index < -0.39 is 0 Å². The lowest BCUT2D eigenvalue weighted by molar-refractivity contribution is -0.130. The van der Waals surface area contributed by atoms with Gasteiger partial charge in [0.15, 0.2) is 5.78 Å². The Kier molecular flexibility index (Phi) is 23.5. The van der Waals surface area contributed by atoms with Crippen molar-refractivity contribution in [1.29, 1.82) is 0 Å². The third-order valence-electron chi connectivity index (χ3n) is 9.29. The van der Waals surface area contributed by atoms with Crippen LogP contribution in [0.5, 0.6) is 0 Å². The van der Waals surface area contributed by atoms with Crippen LogP contribution in [0.1, 0.15) is 149 Å². The van der Waals surface area contributed by atoms with E-state index in [1.54, 1.807) is 4.90 Å². The SMILES string of the molecule is CCC(=O)NCC1(C)CCN(C(=O)/C(N)=C2\CCCC2=NCC(C)=O)CC1.CCCC.CCCCCC(C)C.Cc1cccc(C)c1C. The molecule has 48 heavy (non-hydrogen) atoms. The summed E-state index contributed by atoms with van der Waals surface area (Å²) in [4.78, 5) is 41.7. The fourth-order valence-electron chi connectivity index (χ4n) is 5.26. The zero-order valence-electron chi connectivity index (χ0n) is 32.8. The number of aliphatic imine (C=N–C) groups is 1. The smallest absolute Gasteiger partial charge is 0.270 e. The maximum Gasteiger partial charge on any atom is 0.270 e. The van der Waals surface area contributed by atoms with E-state index in [2.05, 4.69) is 90.8 Å². The highest BCUT2D eigenvalue weighted by atomic mass is 16.2. The van der Waals surface area contributed by atoms with Crippen molar-refractivity contribution in [2.75, 3.05) is 26.2 Å². The molecule has 1 aliphatic heterocycles. The van der Waals surface area contributed by atoms with Crippen LogP contribution < -0.4 is 11.1 Å². The zero-order chi connectivity index (χ0) is 36.7. The van der Waals surface area contributed by atoms with Gasteiger partial charge in [0.1, 0.15) is 5.70 Å². The molecule has 2 fully saturated rings. The van der Waals surface area contributed by atoms with Gasteiger partial charge in [0.25, 0.3) is 5.91 Å². The van der Waals surface area contributed by atoms with Gasteiger partial charge in [-0.25, -0.2) is 0 Å². The number of piperidine rings is 1. The van der Waals surface area contributed by atoms with Gasteiger partial charge in [-0.3, -0.25) is 19.4 Å². The van der Waals surface area contributed by atoms with E-state index in [9.17, 15) is 14.4 Å². The van der Waals surface area contributed by atoms with Gasteiger partial charge in [-0.1, -0.05) is 105 Å². The standard InChI is InChI=1S/C20H32N4O3.C9H12.C8H18.C4H10/c1-4-17(26)23-13-20(3)8-10-24(11-9-20)19(27)18(21)15-6-5-7-16(15)22-12-14(2)25;1-7-5-4-6-8(2)9(7)3;1-4-5-6-7-8(2)3;1-3-4-2/h4-13,21H2,1-3H3,(H,23,26);4-6H,1-3H3;8H,4-7H2,1-3H3;3-4H2,1-2H3/b18-15-,22-16?;;;. The highest BCUT2D eigenvalue weighted by Crippen LogP contribution is 2.31. The third kappa shape index (κ3) is 18.5. The predicted molar refractivity (Wildman–Crippen MR) is 205 cm³/mol. The summed E-state index contributed by atoms with van der Waals surface area (Å²) >= 11 is 0. The van der Waals surface area contributed by atoms with Crippen molar-refractivity contribution in [3.63, 3.8) is 0 Å². The van der Waals surface area contributed by atoms with Crippen molar-refractivity contribution in [1.82, 2.24) is 10.2 Å². The molecule has 1 saturated carbocycles. The Bertz CT molecular complexity index is 1140. The number of benzene rings is 1. The van der Waals surface area contributed by atoms with Crippen LogP contribution in [-0.2, 0) is 14.4 Å². The number of ketones is 1. The molecule has 0 bridgehead atoms. The number of unbranched alkanes of at least 4 members (excludes halogenated alkanes) is 3. The van der Waals surface area contributed by atoms with Crippen molar-refractivity contribution in [2.45, 2.75) is 153 Å². The maximum absolute atomic E-state index is 12.8. The Morgan fingerprint density at radius 3 is 1.98 bits per heavy atom. The molecule has 3 rings (SSSR count). The lowest BCUT2D eigenvalue weighted by Crippen LogP contribution is -2.47. The predicted octanol–water partition coefficient (Wildman–Crippen LogP) is 9.21. The molecule has 0 spiro atoms. The molecule has 2 aliphatic rings. The largest absolute Gasteiger partial charge is 0.394 e. The van der Waals surface area contributed by atoms with Crippen molar-refractivity contribution in [3.05, 3.63) is 46.2 Å². The first-order valence-electron chi connectivity index (χ1n) is 18.8. The summed E-state index contributed by atoms with van der Waals surface area (Å²) < 4.78 is 0. The molecule has 1 aromatic carbocycles. The summed E-state index contributed by atoms with van der Waals surface area (Å²) in [5.74, 6) is 0.829. The molecule has 0 radical (unpaired) electrons. The molecule has 0 atom stereocenters. The van der Waals surface area contributed by atoms with Gasteiger partial charge in [0.2, 0.25) is 5.91 Å². The lowest BCUT2D eigenvalue weighted by atomic mass is 9.80. The van der Waals surface area contributed by atoms with E-state index in [0.29, 0.717) is 26.1 Å². The molecule has 2 amide bonds. The van der Waals surface area contributed by atoms with E-state index >= 15 is 0 Å². The molecule has 7 heteroatoms. The summed E-state index contributed by atoms with van der Waals surface area (Å²) in [5.41, 5.74) is 12.3. The number of likely N-dealkylation sites (tertiary alicyclic amines) is 1. The number of carbonyl (C=O) groups excluding carboxylic acids is 3. The minimum Gasteiger partial charge on any atom is -0.394 e. The number of amides is 2. The first kappa shape index (κ1) is 45.0. The fourth-order valence-corrected chi connectivity index (χ4v) is 5.26. The summed E-state index contributed by atoms with van der Waals surface area (Å²) in [6.07, 6.45) is 12.8. The van der Waals surface area contributed by atoms with Crippen LogP contribution in [0.2, 0.25) is 0 Å². The number of aryl methyl sites for hydroxylation is 2. The minimum absolute atomic E-state index is 0.00382. The number of hydrogen-bond donors (Lipinski definition) is 2. The molecule has 7 nitrogen and oxygen atoms in total. The van der Waals surface area contributed by atoms with Gasteiger partial charge in [-0.15, -0.1) is 0 Å². The molecular weight excluding hydrogens is 596 g/mol. The summed E-state index contributed by atoms with van der Waals surface area (Å²) in [5, 5.41) is 2.96. The highest BCUT2D eigenvalue weighted by molar-refractivity contribution is 6.09. The lowest BCUT2D eigenvalue weighted by Gasteiger charge is -2.39. The Hall–Kier alpha value is -2.96. The van der Waals surface area contributed by atoms with Gasteiger partial charge in [0.05, 0.1) is 6.54 Å². The maximum atomic E-state index is 12.8. The highest BCUT2D eigenvalue weighted by Gasteiger charge is 2.33. The Morgan fingerprint density at radius 1 is 0.938 bits per heavy atom. The number of hydrogen-bond acceptors (Lipinski definition) is 5. The average molecular weight is 669 g/mol. The third-order valence-corrected chi connectivity index (χ3v) is 9.29. The van der Waals surface area contributed by atoms with Crippen LogP contribution in [0.3, 0.4) is 0 Å². The van der Waals surface area contributed by atoms with Gasteiger partial charge in [0, 0.05) is 37.3 Å². The van der Waals surface area contributed by atoms with Gasteiger partial charge in [-0.2, -0.15) is 0 Å². The van der Waals surface area contributed by atoms with Crippen LogP contribution >= 0.6 is 0 Å². The van der Waals surface area contributed by atoms with Crippen LogP contribution in [0.15, 0.2) is 34.5 Å². The minimum atomic E-state index is -0.137. The second kappa shape index (κ2) is 25.1. The van der Waals surface area contributed by atoms with Gasteiger partial charge < -0.3 is 16.0 Å². The van der Waals surface area contributed by atoms with E-state index in [1.165, 1.54) is 62.1 Å². The van der Waals surface area contributed by atoms with E-state index in [0.717, 1.165) is 49.3 Å². The second-order valence-electron chi connectivity index (χ2n) is 14.4. The fraction of sp³-hybridized carbons (Fsp3) is 0.707. The average Bonchev–Trinajstić information content (AvgIpc) is 3.54. The molecular formula is C41H72N4O3. The first-order chi connectivity index (χ1) is 22.7. The molecule has 3 N–H and O–H groups in total. The van der Waals surface area contributed by atoms with E-state index in [-0.39, 0.29) is 35.3 Å². The van der Waals surface area contributed by atoms with Gasteiger partial charge >= 0.3 is 0 Å². The molecule has 0 unspecified atom stereocenters. The van der Waals surface area contributed by atoms with Crippen molar-refractivity contribution in [2.24, 2.45) is 22.1 Å². The Morgan fingerprint density at radius 2 is 1.52 bits per heavy atom. The molecule has 1 heterocycles. The van der Waals surface area contributed by atoms with E-state index in [4.69, 9.17) is 5.73 Å². The van der Waals surface area contributed by atoms with Crippen LogP contribution in [0, 0.1) is 32.1 Å². The number of rotatable bonds is 11. The first-order valence-corrected chi connectivity index (χ1v) is 18.8. The Balaban J connectivity index is 0.000000849. The van der Waals surface area contributed by atoms with Crippen molar-refractivity contribution >= 4 is 23.3 Å². The number of Topliss-reactive ketones (excluding diaryl/α,β-unsaturated/α-hetero) is 1. The number of nitrogens with zero attached hydrogens (tertiary/aromatic N) is 2. The Labute approximate surface area is 295 Å². The van der Waals surface area contributed by atoms with Crippen LogP contribution in [-0.4, -0.2) is 54.4 Å². The van der Waals surface area contributed by atoms with Gasteiger partial charge in [-0.05, 0) is 87.8 Å². The van der Waals surface area contributed by atoms with Crippen molar-refractivity contribution in [3.8, 4) is 0 Å². The quantitative estimate of drug-likeness (QED) is 0.181. The summed E-state index contributed by atoms with van der Waals surface area (Å²) in [7, 11) is 0. The molecule has 0 aromatic heterocycles. The number of nitrogens with one attached hydrogen (secondary N) is 1. The van der Waals surface area contributed by atoms with Crippen LogP contribution in [0.4, 0.5) is 0 Å². The monoisotopic (exact) mass is 669 g/mol. The second-order valence-corrected chi connectivity index (χ2v) is 14.4. The summed E-state index contributed by atoms with van der Waals surface area (Å²) in [6.45, 7) is 25.2. The van der Waals surface area contributed by atoms with Crippen LogP contribution in [0.25, 0.3) is 0 Å². The number of allylic oxidation sites excluding steroid dienone is 1. The molecule has 1 saturated heterocycles. The zero-order valence-corrected chi connectivity index (χ0v) is 32.8. The number of carbonyl (C=O) groups is 3. The molecule has 274 valence electrons. The number of nitrogens with two attached hydrogens (primary N) is 1. The van der Waals surface area contributed by atoms with Crippen molar-refractivity contribution < 1.29 is 14.4 Å².